The van der Waals surface area contributed by atoms with Gasteiger partial charge in [0.05, 0.1) is 11.3 Å². The Hall–Kier alpha value is -2.28. The fourth-order valence-corrected chi connectivity index (χ4v) is 3.67. The van der Waals surface area contributed by atoms with Crippen LogP contribution in [0.25, 0.3) is 0 Å². The zero-order chi connectivity index (χ0) is 20.8. The third kappa shape index (κ3) is 5.16. The third-order valence-corrected chi connectivity index (χ3v) is 5.85. The Labute approximate surface area is 170 Å². The first-order chi connectivity index (χ1) is 13.3. The van der Waals surface area contributed by atoms with Crippen molar-refractivity contribution in [3.8, 4) is 5.88 Å². The molecule has 152 valence electrons. The predicted octanol–water partition coefficient (Wildman–Crippen LogP) is 4.47. The molecule has 0 saturated carbocycles. The van der Waals surface area contributed by atoms with Gasteiger partial charge in [-0.05, 0) is 44.7 Å². The number of nitrogens with one attached hydrogen (secondary N) is 1. The monoisotopic (exact) mass is 403 g/mol. The van der Waals surface area contributed by atoms with Crippen LogP contribution in [0.15, 0.2) is 34.2 Å². The normalized spacial score (nSPS) is 13.2. The van der Waals surface area contributed by atoms with Crippen LogP contribution in [0.2, 0.25) is 0 Å². The molecule has 2 rings (SSSR count). The minimum absolute atomic E-state index is 0.0777. The fourth-order valence-electron chi connectivity index (χ4n) is 2.79. The molecule has 0 fully saturated rings. The van der Waals surface area contributed by atoms with Gasteiger partial charge in [0, 0.05) is 11.7 Å². The van der Waals surface area contributed by atoms with Crippen molar-refractivity contribution < 1.29 is 9.90 Å². The second kappa shape index (κ2) is 9.78. The number of aromatic nitrogens is 2. The summed E-state index contributed by atoms with van der Waals surface area (Å²) in [4.78, 5) is 29.6. The van der Waals surface area contributed by atoms with Gasteiger partial charge in [-0.15, -0.1) is 0 Å². The Morgan fingerprint density at radius 2 is 1.86 bits per heavy atom. The first-order valence-corrected chi connectivity index (χ1v) is 10.6. The molecule has 6 nitrogen and oxygen atoms in total. The van der Waals surface area contributed by atoms with E-state index in [0.29, 0.717) is 10.7 Å². The topological polar surface area (TPSA) is 84.2 Å². The molecule has 2 aromatic rings. The zero-order valence-electron chi connectivity index (χ0n) is 17.2. The number of amides is 1. The number of rotatable bonds is 8. The summed E-state index contributed by atoms with van der Waals surface area (Å²) in [5.74, 6) is -0.414. The van der Waals surface area contributed by atoms with Crippen LogP contribution in [-0.4, -0.2) is 26.3 Å². The highest BCUT2D eigenvalue weighted by molar-refractivity contribution is 7.99. The molecule has 2 atom stereocenters. The van der Waals surface area contributed by atoms with Crippen LogP contribution in [0.3, 0.4) is 0 Å². The molecule has 0 spiro atoms. The molecule has 1 amide bonds. The molecular weight excluding hydrogens is 374 g/mol. The van der Waals surface area contributed by atoms with Crippen molar-refractivity contribution in [2.24, 2.45) is 0 Å². The van der Waals surface area contributed by atoms with Gasteiger partial charge in [-0.1, -0.05) is 50.2 Å². The molecule has 0 aliphatic rings. The standard InChI is InChI=1S/C21H29N3O3S/c1-6-14(4)18-19(26)23-21(24(20(18)27)15(5)7-2)28-12-17(25)22-16-10-8-13(3)9-11-16/h8-11,14-15,26H,6-7,12H2,1-5H3,(H,22,25)/t14-,15+/m1/s1. The molecule has 1 heterocycles. The fraction of sp³-hybridized carbons (Fsp3) is 0.476. The Bertz CT molecular complexity index is 878. The zero-order valence-corrected chi connectivity index (χ0v) is 18.0. The Morgan fingerprint density at radius 3 is 2.43 bits per heavy atom. The van der Waals surface area contributed by atoms with E-state index >= 15 is 0 Å². The maximum Gasteiger partial charge on any atom is 0.261 e. The number of nitrogens with zero attached hydrogens (tertiary/aromatic N) is 2. The number of hydrogen-bond acceptors (Lipinski definition) is 5. The summed E-state index contributed by atoms with van der Waals surface area (Å²) in [7, 11) is 0. The van der Waals surface area contributed by atoms with Crippen molar-refractivity contribution in [2.45, 2.75) is 64.6 Å². The number of benzene rings is 1. The van der Waals surface area contributed by atoms with Crippen molar-refractivity contribution in [2.75, 3.05) is 11.1 Å². The molecule has 1 aromatic carbocycles. The van der Waals surface area contributed by atoms with Gasteiger partial charge in [0.1, 0.15) is 0 Å². The van der Waals surface area contributed by atoms with Crippen molar-refractivity contribution >= 4 is 23.4 Å². The van der Waals surface area contributed by atoms with E-state index in [4.69, 9.17) is 0 Å². The number of carbonyl (C=O) groups excluding carboxylic acids is 1. The summed E-state index contributed by atoms with van der Waals surface area (Å²) >= 11 is 1.16. The Morgan fingerprint density at radius 1 is 1.21 bits per heavy atom. The van der Waals surface area contributed by atoms with Gasteiger partial charge in [0.2, 0.25) is 11.8 Å². The van der Waals surface area contributed by atoms with Crippen LogP contribution in [0.5, 0.6) is 5.88 Å². The van der Waals surface area contributed by atoms with Gasteiger partial charge >= 0.3 is 0 Å². The lowest BCUT2D eigenvalue weighted by atomic mass is 10.0. The molecule has 0 unspecified atom stereocenters. The number of hydrogen-bond donors (Lipinski definition) is 2. The molecule has 7 heteroatoms. The van der Waals surface area contributed by atoms with E-state index in [0.717, 1.165) is 35.9 Å². The average molecular weight is 404 g/mol. The molecule has 28 heavy (non-hydrogen) atoms. The third-order valence-electron chi connectivity index (χ3n) is 4.90. The van der Waals surface area contributed by atoms with Gasteiger partial charge in [-0.2, -0.15) is 4.98 Å². The average Bonchev–Trinajstić information content (AvgIpc) is 2.67. The summed E-state index contributed by atoms with van der Waals surface area (Å²) in [5, 5.41) is 13.5. The summed E-state index contributed by atoms with van der Waals surface area (Å²) in [6.45, 7) is 9.79. The summed E-state index contributed by atoms with van der Waals surface area (Å²) in [5.41, 5.74) is 1.96. The molecule has 2 N–H and O–H groups in total. The molecule has 0 aliphatic carbocycles. The van der Waals surface area contributed by atoms with E-state index in [-0.39, 0.29) is 35.1 Å². The van der Waals surface area contributed by atoms with Crippen LogP contribution in [0.1, 0.15) is 63.6 Å². The minimum Gasteiger partial charge on any atom is -0.493 e. The SMILES string of the molecule is CC[C@@H](C)c1c(O)nc(SCC(=O)Nc2ccc(C)cc2)n([C@@H](C)CC)c1=O. The van der Waals surface area contributed by atoms with Crippen molar-refractivity contribution in [1.29, 1.82) is 0 Å². The maximum atomic E-state index is 13.0. The van der Waals surface area contributed by atoms with Crippen molar-refractivity contribution in [1.82, 2.24) is 9.55 Å². The summed E-state index contributed by atoms with van der Waals surface area (Å²) in [6.07, 6.45) is 1.48. The molecule has 0 aliphatic heterocycles. The molecule has 0 radical (unpaired) electrons. The van der Waals surface area contributed by atoms with E-state index in [2.05, 4.69) is 10.3 Å². The highest BCUT2D eigenvalue weighted by Crippen LogP contribution is 2.28. The van der Waals surface area contributed by atoms with Gasteiger partial charge in [0.15, 0.2) is 5.16 Å². The van der Waals surface area contributed by atoms with E-state index in [1.807, 2.05) is 58.9 Å². The number of aromatic hydroxyl groups is 1. The number of anilines is 1. The van der Waals surface area contributed by atoms with Gasteiger partial charge < -0.3 is 10.4 Å². The molecule has 0 saturated heterocycles. The van der Waals surface area contributed by atoms with Crippen LogP contribution >= 0.6 is 11.8 Å². The van der Waals surface area contributed by atoms with Gasteiger partial charge in [-0.25, -0.2) is 0 Å². The van der Waals surface area contributed by atoms with E-state index < -0.39 is 0 Å². The smallest absolute Gasteiger partial charge is 0.261 e. The van der Waals surface area contributed by atoms with E-state index in [9.17, 15) is 14.7 Å². The highest BCUT2D eigenvalue weighted by atomic mass is 32.2. The lowest BCUT2D eigenvalue weighted by molar-refractivity contribution is -0.113. The maximum absolute atomic E-state index is 13.0. The van der Waals surface area contributed by atoms with Crippen LogP contribution in [-0.2, 0) is 4.79 Å². The van der Waals surface area contributed by atoms with Crippen LogP contribution < -0.4 is 10.9 Å². The molecule has 1 aromatic heterocycles. The first-order valence-electron chi connectivity index (χ1n) is 9.63. The second-order valence-corrected chi connectivity index (χ2v) is 8.02. The number of thioether (sulfide) groups is 1. The number of carbonyl (C=O) groups is 1. The lowest BCUT2D eigenvalue weighted by Crippen LogP contribution is -2.30. The quantitative estimate of drug-likeness (QED) is 0.502. The molecule has 0 bridgehead atoms. The van der Waals surface area contributed by atoms with Crippen molar-refractivity contribution in [3.05, 3.63) is 45.7 Å². The van der Waals surface area contributed by atoms with Crippen LogP contribution in [0, 0.1) is 6.92 Å². The largest absolute Gasteiger partial charge is 0.493 e. The van der Waals surface area contributed by atoms with Crippen LogP contribution in [0.4, 0.5) is 5.69 Å². The van der Waals surface area contributed by atoms with E-state index in [1.165, 1.54) is 0 Å². The van der Waals surface area contributed by atoms with Gasteiger partial charge in [0.25, 0.3) is 5.56 Å². The highest BCUT2D eigenvalue weighted by Gasteiger charge is 2.23. The predicted molar refractivity (Wildman–Crippen MR) is 114 cm³/mol. The summed E-state index contributed by atoms with van der Waals surface area (Å²) in [6, 6.07) is 7.47. The number of aryl methyl sites for hydroxylation is 1. The van der Waals surface area contributed by atoms with Crippen molar-refractivity contribution in [3.63, 3.8) is 0 Å². The Balaban J connectivity index is 2.25. The molecular formula is C21H29N3O3S. The Kier molecular flexibility index (Phi) is 7.69. The van der Waals surface area contributed by atoms with Gasteiger partial charge in [-0.3, -0.25) is 14.2 Å². The second-order valence-electron chi connectivity index (χ2n) is 7.08. The minimum atomic E-state index is -0.236. The first kappa shape index (κ1) is 22.0. The summed E-state index contributed by atoms with van der Waals surface area (Å²) < 4.78 is 1.60. The van der Waals surface area contributed by atoms with E-state index in [1.54, 1.807) is 4.57 Å². The lowest BCUT2D eigenvalue weighted by Gasteiger charge is -2.20.